The van der Waals surface area contributed by atoms with Crippen molar-refractivity contribution in [1.82, 2.24) is 4.57 Å². The third-order valence-electron chi connectivity index (χ3n) is 6.11. The molecule has 1 aromatic heterocycles. The van der Waals surface area contributed by atoms with E-state index >= 15 is 0 Å². The SMILES string of the molecule is CCc1cccc(-c2cc(C(C)(C)C)cc(C(C)(C)C)c2)c1-n1c(C)c(C(=O)OC)sc1=S. The van der Waals surface area contributed by atoms with E-state index in [1.54, 1.807) is 0 Å². The predicted octanol–water partition coefficient (Wildman–Crippen LogP) is 8.19. The average Bonchev–Trinajstić information content (AvgIpc) is 3.04. The Balaban J connectivity index is 2.41. The van der Waals surface area contributed by atoms with E-state index in [-0.39, 0.29) is 16.8 Å². The van der Waals surface area contributed by atoms with Gasteiger partial charge < -0.3 is 4.74 Å². The maximum absolute atomic E-state index is 12.4. The van der Waals surface area contributed by atoms with E-state index in [0.29, 0.717) is 8.83 Å². The first-order chi connectivity index (χ1) is 15.3. The van der Waals surface area contributed by atoms with Crippen LogP contribution in [0.15, 0.2) is 36.4 Å². The molecular weight excluding hydrogens is 446 g/mol. The summed E-state index contributed by atoms with van der Waals surface area (Å²) in [5.41, 5.74) is 8.01. The van der Waals surface area contributed by atoms with Crippen LogP contribution >= 0.6 is 23.6 Å². The molecule has 2 aromatic carbocycles. The van der Waals surface area contributed by atoms with Crippen molar-refractivity contribution in [2.24, 2.45) is 0 Å². The summed E-state index contributed by atoms with van der Waals surface area (Å²) in [4.78, 5) is 12.9. The van der Waals surface area contributed by atoms with Crippen LogP contribution in [0.3, 0.4) is 0 Å². The van der Waals surface area contributed by atoms with Crippen LogP contribution in [0.5, 0.6) is 0 Å². The summed E-state index contributed by atoms with van der Waals surface area (Å²) in [6, 6.07) is 13.4. The fraction of sp³-hybridized carbons (Fsp3) is 0.429. The largest absolute Gasteiger partial charge is 0.465 e. The van der Waals surface area contributed by atoms with Gasteiger partial charge in [0.2, 0.25) is 0 Å². The van der Waals surface area contributed by atoms with Crippen molar-refractivity contribution in [2.75, 3.05) is 7.11 Å². The van der Waals surface area contributed by atoms with Crippen LogP contribution in [0.1, 0.15) is 80.5 Å². The molecule has 0 bridgehead atoms. The van der Waals surface area contributed by atoms with Gasteiger partial charge >= 0.3 is 5.97 Å². The van der Waals surface area contributed by atoms with Crippen molar-refractivity contribution in [1.29, 1.82) is 0 Å². The summed E-state index contributed by atoms with van der Waals surface area (Å²) in [5, 5.41) is 0. The minimum Gasteiger partial charge on any atom is -0.465 e. The van der Waals surface area contributed by atoms with Crippen LogP contribution in [0, 0.1) is 10.9 Å². The summed E-state index contributed by atoms with van der Waals surface area (Å²) in [5.74, 6) is -0.345. The highest BCUT2D eigenvalue weighted by Gasteiger charge is 2.24. The molecule has 176 valence electrons. The molecule has 5 heteroatoms. The Labute approximate surface area is 207 Å². The van der Waals surface area contributed by atoms with Crippen molar-refractivity contribution in [3.05, 3.63) is 67.6 Å². The zero-order valence-electron chi connectivity index (χ0n) is 21.3. The van der Waals surface area contributed by atoms with Crippen molar-refractivity contribution in [3.8, 4) is 16.8 Å². The summed E-state index contributed by atoms with van der Waals surface area (Å²) < 4.78 is 7.72. The quantitative estimate of drug-likeness (QED) is 0.278. The molecule has 0 unspecified atom stereocenters. The van der Waals surface area contributed by atoms with Crippen LogP contribution in [0.4, 0.5) is 0 Å². The predicted molar refractivity (Wildman–Crippen MR) is 143 cm³/mol. The molecule has 0 saturated heterocycles. The summed E-state index contributed by atoms with van der Waals surface area (Å²) in [6.45, 7) is 17.6. The number of methoxy groups -OCH3 is 1. The first-order valence-electron chi connectivity index (χ1n) is 11.4. The van der Waals surface area contributed by atoms with Crippen LogP contribution in [-0.2, 0) is 22.0 Å². The van der Waals surface area contributed by atoms with Gasteiger partial charge in [-0.3, -0.25) is 4.57 Å². The third-order valence-corrected chi connectivity index (χ3v) is 7.56. The van der Waals surface area contributed by atoms with Gasteiger partial charge in [-0.25, -0.2) is 4.79 Å². The van der Waals surface area contributed by atoms with Gasteiger partial charge in [0.15, 0.2) is 3.95 Å². The number of para-hydroxylation sites is 1. The second kappa shape index (κ2) is 9.19. The molecule has 0 spiro atoms. The van der Waals surface area contributed by atoms with Gasteiger partial charge in [0.05, 0.1) is 12.8 Å². The number of hydrogen-bond donors (Lipinski definition) is 0. The van der Waals surface area contributed by atoms with Gasteiger partial charge in [0.25, 0.3) is 0 Å². The minimum absolute atomic E-state index is 0.0191. The maximum atomic E-state index is 12.4. The number of aryl methyl sites for hydroxylation is 1. The highest BCUT2D eigenvalue weighted by molar-refractivity contribution is 7.73. The minimum atomic E-state index is -0.345. The molecule has 33 heavy (non-hydrogen) atoms. The molecule has 0 radical (unpaired) electrons. The lowest BCUT2D eigenvalue weighted by Gasteiger charge is -2.27. The maximum Gasteiger partial charge on any atom is 0.349 e. The molecule has 3 nitrogen and oxygen atoms in total. The number of benzene rings is 2. The van der Waals surface area contributed by atoms with Gasteiger partial charge in [0, 0.05) is 11.3 Å². The lowest BCUT2D eigenvalue weighted by Crippen LogP contribution is -2.16. The molecule has 0 aliphatic carbocycles. The van der Waals surface area contributed by atoms with Crippen LogP contribution in [0.2, 0.25) is 0 Å². The Kier molecular flexibility index (Phi) is 7.07. The van der Waals surface area contributed by atoms with Gasteiger partial charge in [-0.15, -0.1) is 0 Å². The van der Waals surface area contributed by atoms with Crippen molar-refractivity contribution in [2.45, 2.75) is 72.6 Å². The normalized spacial score (nSPS) is 12.2. The molecule has 0 amide bonds. The number of carbonyl (C=O) groups is 1. The molecule has 3 rings (SSSR count). The standard InChI is InChI=1S/C28H35NO2S2/c1-10-18-12-11-13-22(23(18)29-17(2)24(25(30)31-9)33-26(29)32)19-14-20(27(3,4)5)16-21(15-19)28(6,7)8/h11-16H,10H2,1-9H3. The number of thiazole rings is 1. The van der Waals surface area contributed by atoms with E-state index in [1.165, 1.54) is 40.7 Å². The van der Waals surface area contributed by atoms with Crippen molar-refractivity contribution >= 4 is 29.5 Å². The molecule has 0 atom stereocenters. The lowest BCUT2D eigenvalue weighted by molar-refractivity contribution is 0.0605. The zero-order chi connectivity index (χ0) is 24.7. The number of nitrogens with zero attached hydrogens (tertiary/aromatic N) is 1. The highest BCUT2D eigenvalue weighted by atomic mass is 32.1. The zero-order valence-corrected chi connectivity index (χ0v) is 22.9. The second-order valence-corrected chi connectivity index (χ2v) is 12.2. The summed E-state index contributed by atoms with van der Waals surface area (Å²) >= 11 is 7.08. The van der Waals surface area contributed by atoms with E-state index in [1.807, 2.05) is 6.92 Å². The summed E-state index contributed by atoms with van der Waals surface area (Å²) in [6.07, 6.45) is 0.860. The van der Waals surface area contributed by atoms with E-state index in [0.717, 1.165) is 23.4 Å². The molecule has 0 aliphatic heterocycles. The molecule has 3 aromatic rings. The molecule has 0 fully saturated rings. The van der Waals surface area contributed by atoms with Crippen LogP contribution in [0.25, 0.3) is 16.8 Å². The van der Waals surface area contributed by atoms with Crippen molar-refractivity contribution in [3.63, 3.8) is 0 Å². The van der Waals surface area contributed by atoms with Crippen molar-refractivity contribution < 1.29 is 9.53 Å². The van der Waals surface area contributed by atoms with E-state index in [9.17, 15) is 4.79 Å². The number of ether oxygens (including phenoxy) is 1. The van der Waals surface area contributed by atoms with Gasteiger partial charge in [-0.2, -0.15) is 0 Å². The Hall–Kier alpha value is -2.24. The topological polar surface area (TPSA) is 31.2 Å². The third kappa shape index (κ3) is 4.99. The number of esters is 1. The smallest absolute Gasteiger partial charge is 0.349 e. The number of hydrogen-bond acceptors (Lipinski definition) is 4. The molecule has 0 saturated carbocycles. The van der Waals surface area contributed by atoms with E-state index in [4.69, 9.17) is 17.0 Å². The monoisotopic (exact) mass is 481 g/mol. The Morgan fingerprint density at radius 3 is 2.09 bits per heavy atom. The first kappa shape index (κ1) is 25.4. The fourth-order valence-electron chi connectivity index (χ4n) is 4.01. The van der Waals surface area contributed by atoms with Gasteiger partial charge in [-0.05, 0) is 58.6 Å². The van der Waals surface area contributed by atoms with Gasteiger partial charge in [-0.1, -0.05) is 96.2 Å². The first-order valence-corrected chi connectivity index (χ1v) is 12.6. The number of carbonyl (C=O) groups excluding carboxylic acids is 1. The lowest BCUT2D eigenvalue weighted by atomic mass is 9.78. The Bertz CT molecular complexity index is 1220. The Morgan fingerprint density at radius 1 is 1.03 bits per heavy atom. The van der Waals surface area contributed by atoms with E-state index in [2.05, 4.69) is 89.4 Å². The van der Waals surface area contributed by atoms with Crippen LogP contribution in [-0.4, -0.2) is 17.6 Å². The van der Waals surface area contributed by atoms with E-state index < -0.39 is 0 Å². The highest BCUT2D eigenvalue weighted by Crippen LogP contribution is 2.38. The molecule has 0 N–H and O–H groups in total. The summed E-state index contributed by atoms with van der Waals surface area (Å²) in [7, 11) is 1.41. The molecule has 1 heterocycles. The number of rotatable bonds is 4. The number of aromatic nitrogens is 1. The van der Waals surface area contributed by atoms with Crippen LogP contribution < -0.4 is 0 Å². The average molecular weight is 482 g/mol. The second-order valence-electron chi connectivity index (χ2n) is 10.6. The van der Waals surface area contributed by atoms with Gasteiger partial charge in [0.1, 0.15) is 4.88 Å². The Morgan fingerprint density at radius 2 is 1.61 bits per heavy atom. The molecular formula is C28H35NO2S2. The molecule has 0 aliphatic rings. The fourth-order valence-corrected chi connectivity index (χ4v) is 5.39.